The Balaban J connectivity index is 2.03. The summed E-state index contributed by atoms with van der Waals surface area (Å²) in [6.07, 6.45) is -2.01. The van der Waals surface area contributed by atoms with Gasteiger partial charge in [0.05, 0.1) is 25.4 Å². The summed E-state index contributed by atoms with van der Waals surface area (Å²) in [7, 11) is 1.47. The van der Waals surface area contributed by atoms with Crippen molar-refractivity contribution >= 4 is 19.0 Å². The molecule has 8 heteroatoms. The molecule has 1 aromatic rings. The molecular formula is C16H23BNO6. The number of ether oxygens (including phenoxy) is 2. The third-order valence-corrected chi connectivity index (χ3v) is 3.30. The SMILES string of the molecule is CC(C)(C)OC(=O)NCC(O)c1cccc2c1[B]O[C@H](CO)CO2. The van der Waals surface area contributed by atoms with Gasteiger partial charge in [0.2, 0.25) is 0 Å². The first-order valence-corrected chi connectivity index (χ1v) is 7.80. The van der Waals surface area contributed by atoms with E-state index in [9.17, 15) is 15.0 Å². The Morgan fingerprint density at radius 2 is 2.25 bits per heavy atom. The van der Waals surface area contributed by atoms with Crippen molar-refractivity contribution in [1.82, 2.24) is 5.32 Å². The summed E-state index contributed by atoms with van der Waals surface area (Å²) in [4.78, 5) is 11.7. The first-order chi connectivity index (χ1) is 11.3. The van der Waals surface area contributed by atoms with E-state index in [1.54, 1.807) is 39.0 Å². The number of carbonyl (C=O) groups excluding carboxylic acids is 1. The Morgan fingerprint density at radius 1 is 1.50 bits per heavy atom. The maximum absolute atomic E-state index is 11.7. The van der Waals surface area contributed by atoms with Crippen LogP contribution < -0.4 is 15.5 Å². The van der Waals surface area contributed by atoms with Crippen LogP contribution in [0.4, 0.5) is 4.79 Å². The molecule has 2 rings (SSSR count). The van der Waals surface area contributed by atoms with Gasteiger partial charge in [-0.2, -0.15) is 0 Å². The number of amides is 1. The summed E-state index contributed by atoms with van der Waals surface area (Å²) in [5.41, 5.74) is 0.544. The van der Waals surface area contributed by atoms with Crippen LogP contribution in [0, 0.1) is 0 Å². The van der Waals surface area contributed by atoms with E-state index in [2.05, 4.69) is 5.32 Å². The van der Waals surface area contributed by atoms with E-state index in [0.717, 1.165) is 0 Å². The molecule has 24 heavy (non-hydrogen) atoms. The first kappa shape index (κ1) is 18.6. The fraction of sp³-hybridized carbons (Fsp3) is 0.562. The van der Waals surface area contributed by atoms with E-state index in [4.69, 9.17) is 14.1 Å². The fourth-order valence-electron chi connectivity index (χ4n) is 2.19. The molecule has 1 aliphatic rings. The molecule has 1 unspecified atom stereocenters. The highest BCUT2D eigenvalue weighted by Crippen LogP contribution is 2.19. The van der Waals surface area contributed by atoms with E-state index >= 15 is 0 Å². The Bertz CT molecular complexity index is 574. The van der Waals surface area contributed by atoms with Crippen LogP contribution in [0.1, 0.15) is 32.4 Å². The summed E-state index contributed by atoms with van der Waals surface area (Å²) in [5, 5.41) is 22.1. The minimum atomic E-state index is -0.957. The van der Waals surface area contributed by atoms with Crippen molar-refractivity contribution in [3.05, 3.63) is 23.8 Å². The number of carbonyl (C=O) groups is 1. The molecule has 131 valence electrons. The van der Waals surface area contributed by atoms with Gasteiger partial charge in [0, 0.05) is 0 Å². The molecule has 1 aliphatic heterocycles. The highest BCUT2D eigenvalue weighted by atomic mass is 16.6. The van der Waals surface area contributed by atoms with Gasteiger partial charge in [-0.3, -0.25) is 0 Å². The van der Waals surface area contributed by atoms with Gasteiger partial charge in [-0.05, 0) is 37.9 Å². The van der Waals surface area contributed by atoms with Crippen molar-refractivity contribution in [2.45, 2.75) is 38.6 Å². The zero-order valence-corrected chi connectivity index (χ0v) is 14.1. The van der Waals surface area contributed by atoms with Gasteiger partial charge in [-0.1, -0.05) is 12.1 Å². The van der Waals surface area contributed by atoms with Gasteiger partial charge >= 0.3 is 13.6 Å². The number of fused-ring (bicyclic) bond motifs is 1. The van der Waals surface area contributed by atoms with Gasteiger partial charge in [-0.15, -0.1) is 0 Å². The van der Waals surface area contributed by atoms with Gasteiger partial charge in [0.15, 0.2) is 0 Å². The zero-order chi connectivity index (χ0) is 17.7. The summed E-state index contributed by atoms with van der Waals surface area (Å²) >= 11 is 0. The van der Waals surface area contributed by atoms with Crippen molar-refractivity contribution in [2.75, 3.05) is 19.8 Å². The van der Waals surface area contributed by atoms with Crippen molar-refractivity contribution in [2.24, 2.45) is 0 Å². The zero-order valence-electron chi connectivity index (χ0n) is 14.1. The molecule has 0 aromatic heterocycles. The molecule has 0 aliphatic carbocycles. The number of hydrogen-bond donors (Lipinski definition) is 3. The molecule has 1 amide bonds. The lowest BCUT2D eigenvalue weighted by molar-refractivity contribution is 0.0492. The second-order valence-corrected chi connectivity index (χ2v) is 6.53. The smallest absolute Gasteiger partial charge is 0.407 e. The predicted molar refractivity (Wildman–Crippen MR) is 88.5 cm³/mol. The van der Waals surface area contributed by atoms with Gasteiger partial charge in [-0.25, -0.2) is 4.79 Å². The molecule has 0 fully saturated rings. The van der Waals surface area contributed by atoms with Crippen molar-refractivity contribution in [3.8, 4) is 5.75 Å². The molecule has 1 radical (unpaired) electrons. The van der Waals surface area contributed by atoms with Crippen LogP contribution >= 0.6 is 0 Å². The number of rotatable bonds is 4. The molecule has 1 heterocycles. The van der Waals surface area contributed by atoms with E-state index in [1.807, 2.05) is 0 Å². The Morgan fingerprint density at radius 3 is 2.92 bits per heavy atom. The molecule has 3 N–H and O–H groups in total. The minimum absolute atomic E-state index is 0.0113. The monoisotopic (exact) mass is 336 g/mol. The quantitative estimate of drug-likeness (QED) is 0.683. The standard InChI is InChI=1S/C16H23BNO6/c1-16(2,3)23-15(21)18-7-12(20)11-5-4-6-13-14(11)17-24-10(8-19)9-22-13/h4-6,10,12,19-20H,7-9H2,1-3H3,(H,18,21)/t10-,12?/m1/s1. The number of benzene rings is 1. The average molecular weight is 336 g/mol. The van der Waals surface area contributed by atoms with Crippen LogP contribution in [0.3, 0.4) is 0 Å². The molecule has 0 saturated heterocycles. The molecular weight excluding hydrogens is 313 g/mol. The number of nitrogens with one attached hydrogen (secondary N) is 1. The van der Waals surface area contributed by atoms with Crippen LogP contribution in [-0.2, 0) is 9.39 Å². The summed E-state index contributed by atoms with van der Waals surface area (Å²) in [6.45, 7) is 5.34. The third kappa shape index (κ3) is 5.12. The minimum Gasteiger partial charge on any atom is -0.491 e. The van der Waals surface area contributed by atoms with Crippen LogP contribution in [0.15, 0.2) is 18.2 Å². The van der Waals surface area contributed by atoms with Gasteiger partial charge in [0.1, 0.15) is 18.0 Å². The second kappa shape index (κ2) is 7.87. The molecule has 2 atom stereocenters. The van der Waals surface area contributed by atoms with E-state index in [-0.39, 0.29) is 19.8 Å². The van der Waals surface area contributed by atoms with Crippen LogP contribution in [0.2, 0.25) is 0 Å². The molecule has 1 aromatic carbocycles. The molecule has 0 saturated carbocycles. The van der Waals surface area contributed by atoms with Crippen LogP contribution in [0.25, 0.3) is 0 Å². The number of aliphatic hydroxyl groups excluding tert-OH is 2. The highest BCUT2D eigenvalue weighted by molar-refractivity contribution is 6.49. The Hall–Kier alpha value is -1.77. The predicted octanol–water partition coefficient (Wildman–Crippen LogP) is 0.259. The first-order valence-electron chi connectivity index (χ1n) is 7.80. The Kier molecular flexibility index (Phi) is 6.09. The topological polar surface area (TPSA) is 97.3 Å². The summed E-state index contributed by atoms with van der Waals surface area (Å²) < 4.78 is 16.2. The van der Waals surface area contributed by atoms with Crippen molar-refractivity contribution in [3.63, 3.8) is 0 Å². The lowest BCUT2D eigenvalue weighted by Crippen LogP contribution is -2.36. The number of hydrogen-bond acceptors (Lipinski definition) is 6. The molecule has 0 spiro atoms. The van der Waals surface area contributed by atoms with Crippen molar-refractivity contribution < 1.29 is 29.1 Å². The van der Waals surface area contributed by atoms with Gasteiger partial charge in [0.25, 0.3) is 0 Å². The van der Waals surface area contributed by atoms with Gasteiger partial charge < -0.3 is 29.7 Å². The van der Waals surface area contributed by atoms with E-state index in [1.165, 1.54) is 7.48 Å². The largest absolute Gasteiger partial charge is 0.491 e. The summed E-state index contributed by atoms with van der Waals surface area (Å²) in [5.74, 6) is 0.555. The third-order valence-electron chi connectivity index (χ3n) is 3.30. The molecule has 0 bridgehead atoms. The summed E-state index contributed by atoms with van der Waals surface area (Å²) in [6, 6.07) is 5.23. The number of aliphatic hydroxyl groups is 2. The maximum atomic E-state index is 11.7. The van der Waals surface area contributed by atoms with Crippen molar-refractivity contribution in [1.29, 1.82) is 0 Å². The lowest BCUT2D eigenvalue weighted by Gasteiger charge is -2.21. The Labute approximate surface area is 142 Å². The highest BCUT2D eigenvalue weighted by Gasteiger charge is 2.24. The van der Waals surface area contributed by atoms with E-state index < -0.39 is 23.9 Å². The number of alkyl carbamates (subject to hydrolysis) is 1. The lowest BCUT2D eigenvalue weighted by atomic mass is 9.81. The molecule has 7 nitrogen and oxygen atoms in total. The maximum Gasteiger partial charge on any atom is 0.407 e. The average Bonchev–Trinajstić information content (AvgIpc) is 2.72. The second-order valence-electron chi connectivity index (χ2n) is 6.53. The van der Waals surface area contributed by atoms with Crippen LogP contribution in [0.5, 0.6) is 5.75 Å². The normalized spacial score (nSPS) is 18.5. The van der Waals surface area contributed by atoms with E-state index in [0.29, 0.717) is 16.8 Å². The fourth-order valence-corrected chi connectivity index (χ4v) is 2.19. The van der Waals surface area contributed by atoms with Crippen LogP contribution in [-0.4, -0.2) is 55.3 Å².